The second kappa shape index (κ2) is 50.1. The molecule has 0 aliphatic heterocycles. The molecule has 1 aromatic carbocycles. The Bertz CT molecular complexity index is 1280. The third-order valence-electron chi connectivity index (χ3n) is 12.0. The van der Waals surface area contributed by atoms with Crippen LogP contribution in [0.2, 0.25) is 0 Å². The lowest BCUT2D eigenvalue weighted by molar-refractivity contribution is 0.112. The van der Waals surface area contributed by atoms with E-state index in [2.05, 4.69) is 93.7 Å². The summed E-state index contributed by atoms with van der Waals surface area (Å²) < 4.78 is 19.2. The van der Waals surface area contributed by atoms with Gasteiger partial charge in [0, 0.05) is 5.56 Å². The number of benzene rings is 1. The topological polar surface area (TPSA) is 44.8 Å². The smallest absolute Gasteiger partial charge is 0.203 e. The van der Waals surface area contributed by atoms with E-state index >= 15 is 0 Å². The second-order valence-electron chi connectivity index (χ2n) is 18.3. The van der Waals surface area contributed by atoms with E-state index in [4.69, 9.17) is 14.2 Å². The fourth-order valence-corrected chi connectivity index (χ4v) is 7.83. The highest BCUT2D eigenvalue weighted by molar-refractivity contribution is 5.78. The van der Waals surface area contributed by atoms with Gasteiger partial charge in [-0.05, 0) is 128 Å². The van der Waals surface area contributed by atoms with Crippen molar-refractivity contribution in [2.24, 2.45) is 0 Å². The Hall–Kier alpha value is -3.27. The minimum absolute atomic E-state index is 0.574. The van der Waals surface area contributed by atoms with Crippen LogP contribution in [0, 0.1) is 0 Å². The third kappa shape index (κ3) is 40.7. The summed E-state index contributed by atoms with van der Waals surface area (Å²) in [5.41, 5.74) is 0.574. The predicted octanol–water partition coefficient (Wildman–Crippen LogP) is 20.1. The number of carbonyl (C=O) groups excluding carboxylic acids is 1. The standard InChI is InChI=1S/C61H102O4/c1-4-7-10-13-16-19-22-25-28-31-34-37-40-43-46-49-52-63-59-55-58(57-62)56-60(64-53-50-47-44-41-38-35-32-29-26-23-20-17-14-11-8-5-2)61(59)65-54-51-48-45-42-39-36-33-30-27-24-21-18-15-12-9-6-3/h16-21,25-30,55-57H,4-15,22-24,31-54H2,1-3H3. The Labute approximate surface area is 403 Å². The van der Waals surface area contributed by atoms with Crippen LogP contribution in [0.3, 0.4) is 0 Å². The van der Waals surface area contributed by atoms with Gasteiger partial charge in [-0.3, -0.25) is 4.79 Å². The third-order valence-corrected chi connectivity index (χ3v) is 12.0. The van der Waals surface area contributed by atoms with Crippen molar-refractivity contribution >= 4 is 6.29 Å². The first-order chi connectivity index (χ1) is 32.3. The summed E-state index contributed by atoms with van der Waals surface area (Å²) in [5, 5.41) is 0. The minimum atomic E-state index is 0.574. The molecule has 0 aliphatic carbocycles. The van der Waals surface area contributed by atoms with Crippen molar-refractivity contribution in [3.63, 3.8) is 0 Å². The summed E-state index contributed by atoms with van der Waals surface area (Å²) >= 11 is 0. The summed E-state index contributed by atoms with van der Waals surface area (Å²) in [6, 6.07) is 3.67. The summed E-state index contributed by atoms with van der Waals surface area (Å²) in [4.78, 5) is 12.0. The van der Waals surface area contributed by atoms with Gasteiger partial charge in [0.15, 0.2) is 11.5 Å². The molecule has 1 aromatic rings. The summed E-state index contributed by atoms with van der Waals surface area (Å²) in [5.74, 6) is 1.95. The van der Waals surface area contributed by atoms with E-state index in [1.54, 1.807) is 0 Å². The van der Waals surface area contributed by atoms with Gasteiger partial charge in [-0.15, -0.1) is 0 Å². The lowest BCUT2D eigenvalue weighted by Gasteiger charge is -2.18. The van der Waals surface area contributed by atoms with Gasteiger partial charge in [-0.25, -0.2) is 0 Å². The number of rotatable bonds is 49. The van der Waals surface area contributed by atoms with E-state index in [-0.39, 0.29) is 0 Å². The molecule has 0 heterocycles. The molecule has 0 spiro atoms. The average Bonchev–Trinajstić information content (AvgIpc) is 3.32. The van der Waals surface area contributed by atoms with Gasteiger partial charge in [-0.2, -0.15) is 0 Å². The zero-order chi connectivity index (χ0) is 46.6. The van der Waals surface area contributed by atoms with Crippen molar-refractivity contribution in [1.82, 2.24) is 0 Å². The summed E-state index contributed by atoms with van der Waals surface area (Å²) in [6.07, 6.45) is 72.6. The Morgan fingerprint density at radius 1 is 0.323 bits per heavy atom. The monoisotopic (exact) mass is 899 g/mol. The molecule has 1 rings (SSSR count). The van der Waals surface area contributed by atoms with Crippen molar-refractivity contribution in [2.45, 2.75) is 252 Å². The number of ether oxygens (including phenoxy) is 3. The number of aldehydes is 1. The zero-order valence-corrected chi connectivity index (χ0v) is 42.9. The van der Waals surface area contributed by atoms with Crippen LogP contribution in [0.15, 0.2) is 85.0 Å². The maximum absolute atomic E-state index is 12.0. The van der Waals surface area contributed by atoms with Crippen LogP contribution < -0.4 is 14.2 Å². The highest BCUT2D eigenvalue weighted by Crippen LogP contribution is 2.39. The molecular weight excluding hydrogens is 797 g/mol. The van der Waals surface area contributed by atoms with Gasteiger partial charge in [0.2, 0.25) is 5.75 Å². The normalized spacial score (nSPS) is 12.2. The quantitative estimate of drug-likeness (QED) is 0.0371. The van der Waals surface area contributed by atoms with Gasteiger partial charge in [-0.1, -0.05) is 209 Å². The first kappa shape index (κ1) is 59.7. The fraction of sp³-hybridized carbons (Fsp3) is 0.689. The molecular formula is C61H102O4. The predicted molar refractivity (Wildman–Crippen MR) is 286 cm³/mol. The van der Waals surface area contributed by atoms with Crippen molar-refractivity contribution in [3.8, 4) is 17.2 Å². The molecule has 4 heteroatoms. The van der Waals surface area contributed by atoms with Crippen LogP contribution in [0.5, 0.6) is 17.2 Å². The van der Waals surface area contributed by atoms with Crippen molar-refractivity contribution in [3.05, 3.63) is 90.6 Å². The van der Waals surface area contributed by atoms with Gasteiger partial charge in [0.25, 0.3) is 0 Å². The highest BCUT2D eigenvalue weighted by atomic mass is 16.5. The van der Waals surface area contributed by atoms with E-state index in [1.807, 2.05) is 12.1 Å². The molecule has 65 heavy (non-hydrogen) atoms. The Kier molecular flexibility index (Phi) is 46.1. The van der Waals surface area contributed by atoms with Gasteiger partial charge in [0.05, 0.1) is 19.8 Å². The van der Waals surface area contributed by atoms with E-state index in [0.29, 0.717) is 42.6 Å². The molecule has 0 aliphatic rings. The summed E-state index contributed by atoms with van der Waals surface area (Å²) in [6.45, 7) is 8.63. The molecule has 0 saturated heterocycles. The van der Waals surface area contributed by atoms with Gasteiger partial charge < -0.3 is 14.2 Å². The van der Waals surface area contributed by atoms with Crippen molar-refractivity contribution < 1.29 is 19.0 Å². The molecule has 0 saturated carbocycles. The Balaban J connectivity index is 2.50. The molecule has 0 amide bonds. The molecule has 0 N–H and O–H groups in total. The largest absolute Gasteiger partial charge is 0.490 e. The summed E-state index contributed by atoms with van der Waals surface area (Å²) in [7, 11) is 0. The number of carbonyl (C=O) groups is 1. The molecule has 370 valence electrons. The van der Waals surface area contributed by atoms with Gasteiger partial charge >= 0.3 is 0 Å². The van der Waals surface area contributed by atoms with E-state index in [1.165, 1.54) is 173 Å². The van der Waals surface area contributed by atoms with E-state index in [0.717, 1.165) is 64.1 Å². The number of unbranched alkanes of at least 4 members (excludes halogenated alkanes) is 27. The highest BCUT2D eigenvalue weighted by Gasteiger charge is 2.16. The van der Waals surface area contributed by atoms with E-state index in [9.17, 15) is 4.79 Å². The molecule has 4 nitrogen and oxygen atoms in total. The van der Waals surface area contributed by atoms with Crippen molar-refractivity contribution in [1.29, 1.82) is 0 Å². The molecule has 0 unspecified atom stereocenters. The Morgan fingerprint density at radius 3 is 0.877 bits per heavy atom. The van der Waals surface area contributed by atoms with Crippen molar-refractivity contribution in [2.75, 3.05) is 19.8 Å². The maximum Gasteiger partial charge on any atom is 0.203 e. The number of hydrogen-bond donors (Lipinski definition) is 0. The van der Waals surface area contributed by atoms with Crippen LogP contribution in [-0.4, -0.2) is 26.1 Å². The lowest BCUT2D eigenvalue weighted by atomic mass is 10.1. The van der Waals surface area contributed by atoms with Gasteiger partial charge in [0.1, 0.15) is 6.29 Å². The maximum atomic E-state index is 12.0. The molecule has 0 atom stereocenters. The van der Waals surface area contributed by atoms with Crippen LogP contribution >= 0.6 is 0 Å². The van der Waals surface area contributed by atoms with Crippen LogP contribution in [0.4, 0.5) is 0 Å². The number of allylic oxidation sites excluding steroid dienone is 12. The minimum Gasteiger partial charge on any atom is -0.490 e. The zero-order valence-electron chi connectivity index (χ0n) is 42.9. The molecule has 0 radical (unpaired) electrons. The SMILES string of the molecule is CCCCCC=CCC=CCCCCCCCCOc1cc(C=O)cc(OCCCCCCCCC=CCC=CCCCCC)c1OCCCCCCCCC=CCC=CCCCCC. The second-order valence-corrected chi connectivity index (χ2v) is 18.3. The lowest BCUT2D eigenvalue weighted by Crippen LogP contribution is -2.07. The fourth-order valence-electron chi connectivity index (χ4n) is 7.83. The number of hydrogen-bond acceptors (Lipinski definition) is 4. The Morgan fingerprint density at radius 2 is 0.585 bits per heavy atom. The van der Waals surface area contributed by atoms with E-state index < -0.39 is 0 Å². The first-order valence-corrected chi connectivity index (χ1v) is 27.7. The molecule has 0 aromatic heterocycles. The first-order valence-electron chi connectivity index (χ1n) is 27.7. The molecule has 0 bridgehead atoms. The van der Waals surface area contributed by atoms with Crippen LogP contribution in [0.25, 0.3) is 0 Å². The average molecular weight is 899 g/mol. The van der Waals surface area contributed by atoms with Crippen LogP contribution in [-0.2, 0) is 0 Å². The molecule has 0 fully saturated rings. The van der Waals surface area contributed by atoms with Crippen LogP contribution in [0.1, 0.15) is 262 Å².